The highest BCUT2D eigenvalue weighted by atomic mass is 32.2. The van der Waals surface area contributed by atoms with Gasteiger partial charge in [-0.05, 0) is 133 Å². The number of para-hydroxylation sites is 2. The minimum absolute atomic E-state index is 0.520. The molecule has 8 rings (SSSR count). The minimum atomic E-state index is 0.520. The summed E-state index contributed by atoms with van der Waals surface area (Å²) < 4.78 is 0. The predicted octanol–water partition coefficient (Wildman–Crippen LogP) is 13.5. The molecule has 258 valence electrons. The summed E-state index contributed by atoms with van der Waals surface area (Å²) in [6, 6.07) is 49.0. The maximum Gasteiger partial charge on any atom is 0.0536 e. The normalized spacial score (nSPS) is 15.9. The summed E-state index contributed by atoms with van der Waals surface area (Å²) in [5, 5.41) is 1.04. The van der Waals surface area contributed by atoms with E-state index in [0.29, 0.717) is 10.5 Å². The van der Waals surface area contributed by atoms with Gasteiger partial charge in [0.2, 0.25) is 0 Å². The smallest absolute Gasteiger partial charge is 0.0536 e. The molecule has 2 aliphatic carbocycles. The fourth-order valence-corrected chi connectivity index (χ4v) is 8.98. The average Bonchev–Trinajstić information content (AvgIpc) is 3.19. The van der Waals surface area contributed by atoms with Crippen molar-refractivity contribution < 1.29 is 0 Å². The fraction of sp³-hybridized carbons (Fsp3) is 0.167. The molecule has 0 aromatic heterocycles. The van der Waals surface area contributed by atoms with Gasteiger partial charge in [-0.15, -0.1) is 0 Å². The number of rotatable bonds is 9. The Morgan fingerprint density at radius 1 is 0.462 bits per heavy atom. The van der Waals surface area contributed by atoms with Crippen LogP contribution in [0.1, 0.15) is 33.4 Å². The molecule has 0 heterocycles. The van der Waals surface area contributed by atoms with E-state index in [1.165, 1.54) is 55.9 Å². The van der Waals surface area contributed by atoms with Crippen molar-refractivity contribution in [2.75, 3.05) is 22.3 Å². The summed E-state index contributed by atoms with van der Waals surface area (Å²) in [5.74, 6) is 0. The summed E-state index contributed by atoms with van der Waals surface area (Å²) >= 11 is 3.84. The molecule has 0 spiro atoms. The van der Waals surface area contributed by atoms with Crippen LogP contribution in [-0.2, 0) is 12.8 Å². The van der Waals surface area contributed by atoms with Gasteiger partial charge in [-0.1, -0.05) is 97.1 Å². The van der Waals surface area contributed by atoms with E-state index in [4.69, 9.17) is 0 Å². The number of hydrogen-bond acceptors (Lipinski definition) is 4. The highest BCUT2D eigenvalue weighted by Crippen LogP contribution is 2.44. The third-order valence-electron chi connectivity index (χ3n) is 10.5. The van der Waals surface area contributed by atoms with Crippen LogP contribution in [0, 0.1) is 13.8 Å². The summed E-state index contributed by atoms with van der Waals surface area (Å²) in [5.41, 5.74) is 17.5. The van der Waals surface area contributed by atoms with E-state index in [0.717, 1.165) is 35.6 Å². The van der Waals surface area contributed by atoms with Gasteiger partial charge in [-0.3, -0.25) is 0 Å². The Kier molecular flexibility index (Phi) is 9.86. The third kappa shape index (κ3) is 6.62. The largest absolute Gasteiger partial charge is 0.310 e. The molecule has 52 heavy (non-hydrogen) atoms. The molecule has 2 unspecified atom stereocenters. The van der Waals surface area contributed by atoms with Crippen molar-refractivity contribution in [3.05, 3.63) is 179 Å². The molecule has 0 radical (unpaired) electrons. The minimum Gasteiger partial charge on any atom is -0.310 e. The number of nitrogens with zero attached hydrogens (tertiary/aromatic N) is 2. The van der Waals surface area contributed by atoms with Crippen LogP contribution in [0.5, 0.6) is 0 Å². The van der Waals surface area contributed by atoms with E-state index in [1.807, 2.05) is 23.5 Å². The molecule has 6 aromatic rings. The molecule has 2 atom stereocenters. The van der Waals surface area contributed by atoms with Crippen molar-refractivity contribution in [3.63, 3.8) is 0 Å². The third-order valence-corrected chi connectivity index (χ3v) is 12.3. The van der Waals surface area contributed by atoms with E-state index in [9.17, 15) is 0 Å². The zero-order valence-electron chi connectivity index (χ0n) is 30.3. The monoisotopic (exact) mass is 712 g/mol. The molecule has 0 saturated heterocycles. The predicted molar refractivity (Wildman–Crippen MR) is 231 cm³/mol. The maximum atomic E-state index is 2.42. The summed E-state index contributed by atoms with van der Waals surface area (Å²) in [4.78, 5) is 4.84. The number of anilines is 6. The topological polar surface area (TPSA) is 6.48 Å². The van der Waals surface area contributed by atoms with Crippen LogP contribution in [-0.4, -0.2) is 23.0 Å². The molecule has 2 nitrogen and oxygen atoms in total. The first-order valence-electron chi connectivity index (χ1n) is 18.1. The lowest BCUT2D eigenvalue weighted by Gasteiger charge is -2.31. The molecule has 6 aromatic carbocycles. The Labute approximate surface area is 317 Å². The van der Waals surface area contributed by atoms with Gasteiger partial charge >= 0.3 is 0 Å². The lowest BCUT2D eigenvalue weighted by Crippen LogP contribution is -2.15. The van der Waals surface area contributed by atoms with Crippen molar-refractivity contribution in [3.8, 4) is 11.1 Å². The van der Waals surface area contributed by atoms with Gasteiger partial charge in [0.1, 0.15) is 0 Å². The number of hydrogen-bond donors (Lipinski definition) is 0. The second-order valence-corrected chi connectivity index (χ2v) is 15.9. The highest BCUT2D eigenvalue weighted by molar-refractivity contribution is 7.99. The van der Waals surface area contributed by atoms with Gasteiger partial charge in [-0.25, -0.2) is 0 Å². The summed E-state index contributed by atoms with van der Waals surface area (Å²) in [6.07, 6.45) is 15.9. The van der Waals surface area contributed by atoms with Crippen LogP contribution in [0.25, 0.3) is 23.3 Å². The van der Waals surface area contributed by atoms with Crippen molar-refractivity contribution in [2.24, 2.45) is 0 Å². The van der Waals surface area contributed by atoms with E-state index in [2.05, 4.69) is 194 Å². The molecule has 0 N–H and O–H groups in total. The molecular formula is C48H44N2S2. The number of aryl methyl sites for hydroxylation is 2. The molecule has 0 amide bonds. The zero-order valence-corrected chi connectivity index (χ0v) is 31.9. The first kappa shape index (κ1) is 34.2. The van der Waals surface area contributed by atoms with Crippen molar-refractivity contribution >= 4 is 69.8 Å². The second-order valence-electron chi connectivity index (χ2n) is 13.7. The molecule has 0 fully saturated rings. The van der Waals surface area contributed by atoms with Crippen LogP contribution in [0.15, 0.2) is 146 Å². The van der Waals surface area contributed by atoms with E-state index in [-0.39, 0.29) is 0 Å². The van der Waals surface area contributed by atoms with Crippen LogP contribution >= 0.6 is 23.5 Å². The fourth-order valence-electron chi connectivity index (χ4n) is 7.82. The molecule has 2 aliphatic rings. The Hall–Kier alpha value is -4.90. The molecular weight excluding hydrogens is 669 g/mol. The summed E-state index contributed by atoms with van der Waals surface area (Å²) in [6.45, 7) is 4.50. The standard InChI is InChI=1S/C48H44N2S2/c1-33-29-39(49(37-15-7-5-8-16-37)47-19-11-13-35-31-41(51-3)23-27-45(35)47)21-25-43(33)44-26-22-40(30-34(44)2)50(38-17-9-6-10-18-38)48-20-12-14-36-32-42(52-4)24-28-46(36)48/h5-30,41-42H,31-32H2,1-4H3. The Morgan fingerprint density at radius 2 is 0.885 bits per heavy atom. The van der Waals surface area contributed by atoms with E-state index in [1.54, 1.807) is 0 Å². The molecule has 0 saturated carbocycles. The number of fused-ring (bicyclic) bond motifs is 2. The van der Waals surface area contributed by atoms with Gasteiger partial charge in [0.05, 0.1) is 11.4 Å². The quantitative estimate of drug-likeness (QED) is 0.147. The zero-order chi connectivity index (χ0) is 35.6. The lowest BCUT2D eigenvalue weighted by atomic mass is 9.93. The van der Waals surface area contributed by atoms with Crippen LogP contribution in [0.3, 0.4) is 0 Å². The lowest BCUT2D eigenvalue weighted by molar-refractivity contribution is 1.00. The van der Waals surface area contributed by atoms with Crippen molar-refractivity contribution in [1.82, 2.24) is 0 Å². The number of benzene rings is 6. The van der Waals surface area contributed by atoms with Crippen LogP contribution < -0.4 is 9.80 Å². The van der Waals surface area contributed by atoms with Gasteiger partial charge in [0.15, 0.2) is 0 Å². The first-order valence-corrected chi connectivity index (χ1v) is 20.7. The molecule has 4 heteroatoms. The van der Waals surface area contributed by atoms with Crippen LogP contribution in [0.2, 0.25) is 0 Å². The Bertz CT molecular complexity index is 2110. The van der Waals surface area contributed by atoms with Gasteiger partial charge in [0.25, 0.3) is 0 Å². The average molecular weight is 713 g/mol. The van der Waals surface area contributed by atoms with Gasteiger partial charge in [0, 0.05) is 44.4 Å². The van der Waals surface area contributed by atoms with Crippen molar-refractivity contribution in [2.45, 2.75) is 37.2 Å². The Morgan fingerprint density at radius 3 is 1.27 bits per heavy atom. The first-order chi connectivity index (χ1) is 25.5. The second kappa shape index (κ2) is 15.0. The molecule has 0 bridgehead atoms. The highest BCUT2D eigenvalue weighted by Gasteiger charge is 2.23. The van der Waals surface area contributed by atoms with Gasteiger partial charge < -0.3 is 9.80 Å². The van der Waals surface area contributed by atoms with Crippen LogP contribution in [0.4, 0.5) is 34.1 Å². The SMILES string of the molecule is CSC1C=Cc2c(cccc2N(c2ccccc2)c2ccc(-c3ccc(N(c4ccccc4)c4cccc5c4C=CC(SC)C5)cc3C)c(C)c2)C1. The van der Waals surface area contributed by atoms with E-state index < -0.39 is 0 Å². The summed E-state index contributed by atoms with van der Waals surface area (Å²) in [7, 11) is 0. The Balaban J connectivity index is 1.18. The molecule has 0 aliphatic heterocycles. The van der Waals surface area contributed by atoms with E-state index >= 15 is 0 Å². The maximum absolute atomic E-state index is 2.42. The number of thioether (sulfide) groups is 2. The van der Waals surface area contributed by atoms with Gasteiger partial charge in [-0.2, -0.15) is 23.5 Å². The van der Waals surface area contributed by atoms with Crippen molar-refractivity contribution in [1.29, 1.82) is 0 Å².